The molecule has 12 aromatic rings. The van der Waals surface area contributed by atoms with E-state index < -0.39 is 16.2 Å². The first-order valence-corrected chi connectivity index (χ1v) is 27.5. The summed E-state index contributed by atoms with van der Waals surface area (Å²) in [5.74, 6) is 0. The van der Waals surface area contributed by atoms with Gasteiger partial charge in [0.25, 0.3) is 0 Å². The van der Waals surface area contributed by atoms with Gasteiger partial charge < -0.3 is 0 Å². The summed E-state index contributed by atoms with van der Waals surface area (Å²) >= 11 is 1.90. The maximum atomic E-state index is 2.53. The molecule has 17 rings (SSSR count). The van der Waals surface area contributed by atoms with Crippen molar-refractivity contribution in [3.8, 4) is 66.8 Å². The molecule has 0 nitrogen and oxygen atoms in total. The Morgan fingerprint density at radius 2 is 0.539 bits per heavy atom. The minimum atomic E-state index is -0.619. The van der Waals surface area contributed by atoms with Gasteiger partial charge in [-0.05, 0) is 164 Å². The van der Waals surface area contributed by atoms with Gasteiger partial charge >= 0.3 is 0 Å². The average Bonchev–Trinajstić information content (AvgIpc) is 4.37. The fourth-order valence-electron chi connectivity index (χ4n) is 15.3. The van der Waals surface area contributed by atoms with Crippen LogP contribution in [0.4, 0.5) is 0 Å². The molecule has 0 saturated carbocycles. The van der Waals surface area contributed by atoms with Crippen LogP contribution in [-0.2, 0) is 16.2 Å². The van der Waals surface area contributed by atoms with Crippen LogP contribution in [0.15, 0.2) is 289 Å². The second-order valence-corrected chi connectivity index (χ2v) is 22.4. The van der Waals surface area contributed by atoms with Crippen molar-refractivity contribution >= 4 is 11.8 Å². The average molecular weight is 979 g/mol. The molecule has 1 heteroatoms. The second kappa shape index (κ2) is 15.5. The highest BCUT2D eigenvalue weighted by atomic mass is 32.2. The predicted molar refractivity (Wildman–Crippen MR) is 312 cm³/mol. The van der Waals surface area contributed by atoms with Crippen LogP contribution in [0, 0.1) is 0 Å². The van der Waals surface area contributed by atoms with Gasteiger partial charge in [-0.1, -0.05) is 260 Å². The van der Waals surface area contributed by atoms with Crippen LogP contribution < -0.4 is 0 Å². The molecule has 0 N–H and O–H groups in total. The zero-order valence-corrected chi connectivity index (χ0v) is 42.3. The first-order chi connectivity index (χ1) is 37.7. The Morgan fingerprint density at radius 1 is 0.197 bits per heavy atom. The van der Waals surface area contributed by atoms with Gasteiger partial charge in [-0.25, -0.2) is 0 Å². The molecule has 0 bridgehead atoms. The van der Waals surface area contributed by atoms with Crippen molar-refractivity contribution in [3.63, 3.8) is 0 Å². The van der Waals surface area contributed by atoms with Gasteiger partial charge in [0.1, 0.15) is 0 Å². The largest absolute Gasteiger partial charge is 0.0894 e. The van der Waals surface area contributed by atoms with Crippen LogP contribution in [0.5, 0.6) is 0 Å². The quantitative estimate of drug-likeness (QED) is 0.169. The molecule has 0 radical (unpaired) electrons. The fraction of sp³-hybridized carbons (Fsp3) is 0.0400. The van der Waals surface area contributed by atoms with Gasteiger partial charge in [-0.15, -0.1) is 0 Å². The van der Waals surface area contributed by atoms with Crippen molar-refractivity contribution in [2.24, 2.45) is 0 Å². The number of benzene rings is 12. The molecule has 0 aromatic heterocycles. The van der Waals surface area contributed by atoms with Crippen molar-refractivity contribution in [2.75, 3.05) is 0 Å². The Bertz CT molecular complexity index is 4340. The molecule has 0 atom stereocenters. The minimum Gasteiger partial charge on any atom is -0.0894 e. The molecule has 2 spiro atoms. The van der Waals surface area contributed by atoms with E-state index in [0.29, 0.717) is 0 Å². The smallest absolute Gasteiger partial charge is 0.0735 e. The van der Waals surface area contributed by atoms with E-state index in [0.717, 1.165) is 0 Å². The zero-order chi connectivity index (χ0) is 49.7. The van der Waals surface area contributed by atoms with Crippen molar-refractivity contribution in [1.29, 1.82) is 0 Å². The molecule has 0 unspecified atom stereocenters. The van der Waals surface area contributed by atoms with Gasteiger partial charge in [0.05, 0.1) is 16.2 Å². The zero-order valence-electron chi connectivity index (χ0n) is 41.5. The molecular weight excluding hydrogens is 933 g/mol. The highest BCUT2D eigenvalue weighted by Gasteiger charge is 2.53. The van der Waals surface area contributed by atoms with Gasteiger partial charge in [-0.3, -0.25) is 0 Å². The first kappa shape index (κ1) is 42.4. The van der Waals surface area contributed by atoms with Gasteiger partial charge in [0.15, 0.2) is 0 Å². The lowest BCUT2D eigenvalue weighted by Gasteiger charge is -2.39. The Kier molecular flexibility index (Phi) is 8.65. The number of hydrogen-bond acceptors (Lipinski definition) is 1. The number of hydrogen-bond donors (Lipinski definition) is 0. The monoisotopic (exact) mass is 978 g/mol. The lowest BCUT2D eigenvalue weighted by Crippen LogP contribution is -2.31. The molecular formula is C75H46S. The van der Waals surface area contributed by atoms with E-state index in [1.165, 1.54) is 143 Å². The molecule has 0 amide bonds. The molecule has 352 valence electrons. The Balaban J connectivity index is 0.882. The van der Waals surface area contributed by atoms with E-state index >= 15 is 0 Å². The van der Waals surface area contributed by atoms with Crippen molar-refractivity contribution in [2.45, 2.75) is 26.0 Å². The van der Waals surface area contributed by atoms with E-state index in [4.69, 9.17) is 0 Å². The standard InChI is InChI=1S/C75H46S/c1-7-31-60-53(24-1)54-25-2-8-32-61(54)73(60,51-23-18-21-49(45-51)52-30-19-39-68-72(52)59-29-6-12-36-65(59)74(68)62-33-9-3-26-55(62)56-27-4-10-34-63(56)74)50-22-17-20-47(44-50)48-42-43-58-57-28-5-11-35-64(57)75(69(58)46-48)66-37-13-15-40-70(66)76-71-41-16-14-38-67(71)75/h1-46H. The number of rotatable bonds is 4. The highest BCUT2D eigenvalue weighted by Crippen LogP contribution is 2.66. The van der Waals surface area contributed by atoms with E-state index in [1.54, 1.807) is 0 Å². The van der Waals surface area contributed by atoms with Crippen LogP contribution in [0.25, 0.3) is 66.8 Å². The maximum absolute atomic E-state index is 2.53. The summed E-state index contributed by atoms with van der Waals surface area (Å²) in [6, 6.07) is 107. The van der Waals surface area contributed by atoms with Gasteiger partial charge in [-0.2, -0.15) is 0 Å². The Labute approximate surface area is 447 Å². The number of fused-ring (bicyclic) bond motifs is 22. The first-order valence-electron chi connectivity index (χ1n) is 26.7. The summed E-state index contributed by atoms with van der Waals surface area (Å²) in [5, 5.41) is 0. The Hall–Kier alpha value is -9.01. The molecule has 1 aliphatic heterocycles. The SMILES string of the molecule is c1cc(-c2ccc3c(c2)C2(c4ccccc4Sc4ccccc42)c2ccccc2-3)cc(C2(c3cccc(-c4cccc5c4-c4ccccc4C54c5ccccc5-c5ccccc54)c3)c3ccccc3-c3ccccc32)c1. The third-order valence-electron chi connectivity index (χ3n) is 18.1. The summed E-state index contributed by atoms with van der Waals surface area (Å²) in [6.07, 6.45) is 0. The van der Waals surface area contributed by atoms with Crippen molar-refractivity contribution in [3.05, 3.63) is 346 Å². The molecule has 4 aliphatic carbocycles. The summed E-state index contributed by atoms with van der Waals surface area (Å²) in [4.78, 5) is 2.63. The van der Waals surface area contributed by atoms with E-state index in [2.05, 4.69) is 279 Å². The van der Waals surface area contributed by atoms with E-state index in [-0.39, 0.29) is 0 Å². The van der Waals surface area contributed by atoms with Crippen LogP contribution >= 0.6 is 11.8 Å². The van der Waals surface area contributed by atoms with E-state index in [9.17, 15) is 0 Å². The summed E-state index contributed by atoms with van der Waals surface area (Å²) < 4.78 is 0. The summed E-state index contributed by atoms with van der Waals surface area (Å²) in [7, 11) is 0. The second-order valence-electron chi connectivity index (χ2n) is 21.3. The molecule has 5 aliphatic rings. The summed E-state index contributed by atoms with van der Waals surface area (Å²) in [5.41, 5.74) is 29.8. The molecule has 12 aromatic carbocycles. The normalized spacial score (nSPS) is 15.1. The lowest BCUT2D eigenvalue weighted by molar-refractivity contribution is 0.722. The lowest BCUT2D eigenvalue weighted by atomic mass is 9.66. The molecule has 0 saturated heterocycles. The van der Waals surface area contributed by atoms with Gasteiger partial charge in [0, 0.05) is 9.79 Å². The minimum absolute atomic E-state index is 0.416. The van der Waals surface area contributed by atoms with Crippen molar-refractivity contribution < 1.29 is 0 Å². The third-order valence-corrected chi connectivity index (χ3v) is 19.2. The van der Waals surface area contributed by atoms with Gasteiger partial charge in [0.2, 0.25) is 0 Å². The Morgan fingerprint density at radius 3 is 1.07 bits per heavy atom. The van der Waals surface area contributed by atoms with Crippen LogP contribution in [0.3, 0.4) is 0 Å². The summed E-state index contributed by atoms with van der Waals surface area (Å²) in [6.45, 7) is 0. The van der Waals surface area contributed by atoms with Crippen LogP contribution in [0.1, 0.15) is 66.8 Å². The predicted octanol–water partition coefficient (Wildman–Crippen LogP) is 18.6. The molecule has 1 heterocycles. The van der Waals surface area contributed by atoms with Crippen molar-refractivity contribution in [1.82, 2.24) is 0 Å². The van der Waals surface area contributed by atoms with E-state index in [1.807, 2.05) is 11.8 Å². The van der Waals surface area contributed by atoms with Crippen LogP contribution in [0.2, 0.25) is 0 Å². The molecule has 0 fully saturated rings. The highest BCUT2D eigenvalue weighted by molar-refractivity contribution is 7.99. The maximum Gasteiger partial charge on any atom is 0.0735 e. The van der Waals surface area contributed by atoms with Crippen LogP contribution in [-0.4, -0.2) is 0 Å². The molecule has 76 heavy (non-hydrogen) atoms. The third kappa shape index (κ3) is 5.21. The topological polar surface area (TPSA) is 0 Å². The fourth-order valence-corrected chi connectivity index (χ4v) is 16.5.